The molecule has 5 rings (SSSR count). The molecule has 0 spiro atoms. The highest BCUT2D eigenvalue weighted by atomic mass is 32.1. The van der Waals surface area contributed by atoms with E-state index in [2.05, 4.69) is 0 Å². The van der Waals surface area contributed by atoms with Crippen LogP contribution < -0.4 is 5.43 Å². The highest BCUT2D eigenvalue weighted by molar-refractivity contribution is 7.21. The number of furan rings is 1. The molecule has 130 valence electrons. The molecule has 0 fully saturated rings. The van der Waals surface area contributed by atoms with Gasteiger partial charge in [-0.15, -0.1) is 11.3 Å². The van der Waals surface area contributed by atoms with Crippen molar-refractivity contribution in [2.75, 3.05) is 0 Å². The molecule has 0 unspecified atom stereocenters. The summed E-state index contributed by atoms with van der Waals surface area (Å²) >= 11 is 1.36. The molecule has 0 aliphatic carbocycles. The van der Waals surface area contributed by atoms with E-state index in [1.54, 1.807) is 36.4 Å². The minimum atomic E-state index is -0.359. The maximum Gasteiger partial charge on any atom is 0.210 e. The van der Waals surface area contributed by atoms with Crippen molar-refractivity contribution in [1.82, 2.24) is 0 Å². The molecule has 0 bridgehead atoms. The van der Waals surface area contributed by atoms with Crippen LogP contribution in [0.25, 0.3) is 32.6 Å². The number of hydrogen-bond acceptors (Lipinski definition) is 5. The molecule has 27 heavy (non-hydrogen) atoms. The van der Waals surface area contributed by atoms with Crippen LogP contribution in [0.15, 0.2) is 86.6 Å². The standard InChI is InChI=1S/C22H12O4S/c23-20-14-7-2-3-8-15(14)26-22(16-9-5-11-25-16)19(20)21(24)18-12-13-6-1-4-10-17(13)27-18/h1-12H. The quantitative estimate of drug-likeness (QED) is 0.392. The lowest BCUT2D eigenvalue weighted by Crippen LogP contribution is -2.17. The zero-order valence-electron chi connectivity index (χ0n) is 14.0. The molecule has 0 N–H and O–H groups in total. The van der Waals surface area contributed by atoms with Gasteiger partial charge in [0, 0.05) is 4.70 Å². The number of para-hydroxylation sites is 1. The molecule has 0 amide bonds. The first kappa shape index (κ1) is 15.8. The Morgan fingerprint density at radius 1 is 0.926 bits per heavy atom. The summed E-state index contributed by atoms with van der Waals surface area (Å²) in [6.45, 7) is 0. The van der Waals surface area contributed by atoms with E-state index in [-0.39, 0.29) is 22.5 Å². The predicted molar refractivity (Wildman–Crippen MR) is 105 cm³/mol. The molecule has 4 nitrogen and oxygen atoms in total. The average molecular weight is 372 g/mol. The number of thiophene rings is 1. The van der Waals surface area contributed by atoms with Crippen molar-refractivity contribution in [2.24, 2.45) is 0 Å². The molecule has 0 aliphatic heterocycles. The molecule has 0 atom stereocenters. The Balaban J connectivity index is 1.80. The number of carbonyl (C=O) groups excluding carboxylic acids is 1. The summed E-state index contributed by atoms with van der Waals surface area (Å²) in [7, 11) is 0. The number of rotatable bonds is 3. The van der Waals surface area contributed by atoms with Crippen LogP contribution in [0.1, 0.15) is 15.2 Å². The van der Waals surface area contributed by atoms with Crippen molar-refractivity contribution >= 4 is 38.2 Å². The van der Waals surface area contributed by atoms with Gasteiger partial charge in [-0.25, -0.2) is 0 Å². The summed E-state index contributed by atoms with van der Waals surface area (Å²) in [6, 6.07) is 19.8. The minimum Gasteiger partial charge on any atom is -0.461 e. The Bertz CT molecular complexity index is 1320. The molecular weight excluding hydrogens is 360 g/mol. The maximum absolute atomic E-state index is 13.3. The number of hydrogen-bond donors (Lipinski definition) is 0. The van der Waals surface area contributed by atoms with E-state index in [4.69, 9.17) is 8.83 Å². The summed E-state index contributed by atoms with van der Waals surface area (Å²) in [5, 5.41) is 1.34. The number of fused-ring (bicyclic) bond motifs is 2. The van der Waals surface area contributed by atoms with Crippen LogP contribution >= 0.6 is 11.3 Å². The largest absolute Gasteiger partial charge is 0.461 e. The van der Waals surface area contributed by atoms with E-state index in [0.29, 0.717) is 21.6 Å². The third-order valence-corrected chi connectivity index (χ3v) is 5.53. The first-order valence-corrected chi connectivity index (χ1v) is 9.17. The zero-order chi connectivity index (χ0) is 18.4. The summed E-state index contributed by atoms with van der Waals surface area (Å²) in [5.41, 5.74) is 0.0581. The van der Waals surface area contributed by atoms with Crippen LogP contribution in [-0.4, -0.2) is 5.78 Å². The Kier molecular flexibility index (Phi) is 3.55. The van der Waals surface area contributed by atoms with Crippen LogP contribution in [0.4, 0.5) is 0 Å². The highest BCUT2D eigenvalue weighted by Gasteiger charge is 2.25. The third-order valence-electron chi connectivity index (χ3n) is 4.42. The van der Waals surface area contributed by atoms with E-state index >= 15 is 0 Å². The Morgan fingerprint density at radius 2 is 1.74 bits per heavy atom. The molecule has 3 heterocycles. The van der Waals surface area contributed by atoms with E-state index in [0.717, 1.165) is 10.1 Å². The molecule has 2 aromatic carbocycles. The van der Waals surface area contributed by atoms with Crippen LogP contribution in [0.3, 0.4) is 0 Å². The minimum absolute atomic E-state index is 0.00444. The molecule has 0 saturated carbocycles. The van der Waals surface area contributed by atoms with Crippen molar-refractivity contribution in [3.8, 4) is 11.5 Å². The van der Waals surface area contributed by atoms with Crippen molar-refractivity contribution in [2.45, 2.75) is 0 Å². The van der Waals surface area contributed by atoms with E-state index in [1.165, 1.54) is 17.6 Å². The third kappa shape index (κ3) is 2.52. The Labute approximate surface area is 157 Å². The molecule has 0 aliphatic rings. The summed E-state index contributed by atoms with van der Waals surface area (Å²) in [4.78, 5) is 27.0. The van der Waals surface area contributed by atoms with Gasteiger partial charge in [0.15, 0.2) is 11.5 Å². The zero-order valence-corrected chi connectivity index (χ0v) is 14.8. The smallest absolute Gasteiger partial charge is 0.210 e. The van der Waals surface area contributed by atoms with Gasteiger partial charge in [0.1, 0.15) is 11.1 Å². The lowest BCUT2D eigenvalue weighted by Gasteiger charge is -2.06. The molecule has 0 radical (unpaired) electrons. The number of carbonyl (C=O) groups is 1. The first-order chi connectivity index (χ1) is 13.2. The van der Waals surface area contributed by atoms with E-state index in [9.17, 15) is 9.59 Å². The first-order valence-electron chi connectivity index (χ1n) is 8.35. The van der Waals surface area contributed by atoms with Gasteiger partial charge in [0.25, 0.3) is 0 Å². The Hall–Kier alpha value is -3.44. The van der Waals surface area contributed by atoms with Gasteiger partial charge in [-0.05, 0) is 41.8 Å². The SMILES string of the molecule is O=C(c1cc2ccccc2s1)c1c(-c2ccco2)oc2ccccc2c1=O. The lowest BCUT2D eigenvalue weighted by atomic mass is 10.0. The van der Waals surface area contributed by atoms with Crippen LogP contribution in [0, 0.1) is 0 Å². The highest BCUT2D eigenvalue weighted by Crippen LogP contribution is 2.31. The molecule has 5 aromatic rings. The normalized spacial score (nSPS) is 11.3. The summed E-state index contributed by atoms with van der Waals surface area (Å²) < 4.78 is 12.3. The molecule has 3 aromatic heterocycles. The average Bonchev–Trinajstić information content (AvgIpc) is 3.37. The topological polar surface area (TPSA) is 60.4 Å². The van der Waals surface area contributed by atoms with Gasteiger partial charge >= 0.3 is 0 Å². The molecule has 0 saturated heterocycles. The summed E-state index contributed by atoms with van der Waals surface area (Å²) in [5.74, 6) is 0.149. The van der Waals surface area contributed by atoms with E-state index in [1.807, 2.05) is 30.3 Å². The monoisotopic (exact) mass is 372 g/mol. The maximum atomic E-state index is 13.3. The second-order valence-electron chi connectivity index (χ2n) is 6.09. The van der Waals surface area contributed by atoms with Gasteiger partial charge in [-0.1, -0.05) is 30.3 Å². The lowest BCUT2D eigenvalue weighted by molar-refractivity contribution is 0.104. The second-order valence-corrected chi connectivity index (χ2v) is 7.17. The van der Waals surface area contributed by atoms with Crippen LogP contribution in [-0.2, 0) is 0 Å². The number of ketones is 1. The van der Waals surface area contributed by atoms with Gasteiger partial charge in [0.2, 0.25) is 11.2 Å². The van der Waals surface area contributed by atoms with Crippen molar-refractivity contribution in [3.05, 3.63) is 93.7 Å². The second kappa shape index (κ2) is 6.07. The fourth-order valence-corrected chi connectivity index (χ4v) is 4.16. The van der Waals surface area contributed by atoms with Crippen molar-refractivity contribution < 1.29 is 13.6 Å². The molecule has 5 heteroatoms. The fraction of sp³-hybridized carbons (Fsp3) is 0. The van der Waals surface area contributed by atoms with Gasteiger partial charge in [-0.3, -0.25) is 9.59 Å². The van der Waals surface area contributed by atoms with Gasteiger partial charge in [0.05, 0.1) is 16.5 Å². The van der Waals surface area contributed by atoms with Crippen molar-refractivity contribution in [3.63, 3.8) is 0 Å². The van der Waals surface area contributed by atoms with Gasteiger partial charge in [-0.2, -0.15) is 0 Å². The van der Waals surface area contributed by atoms with Gasteiger partial charge < -0.3 is 8.83 Å². The van der Waals surface area contributed by atoms with Crippen LogP contribution in [0.5, 0.6) is 0 Å². The van der Waals surface area contributed by atoms with E-state index < -0.39 is 0 Å². The van der Waals surface area contributed by atoms with Crippen LogP contribution in [0.2, 0.25) is 0 Å². The van der Waals surface area contributed by atoms with Crippen molar-refractivity contribution in [1.29, 1.82) is 0 Å². The number of benzene rings is 2. The molecular formula is C22H12O4S. The predicted octanol–water partition coefficient (Wildman–Crippen LogP) is 5.50. The Morgan fingerprint density at radius 3 is 2.56 bits per heavy atom. The fourth-order valence-electron chi connectivity index (χ4n) is 3.15. The summed E-state index contributed by atoms with van der Waals surface area (Å²) in [6.07, 6.45) is 1.48.